The van der Waals surface area contributed by atoms with Crippen LogP contribution in [-0.4, -0.2) is 11.2 Å². The van der Waals surface area contributed by atoms with Gasteiger partial charge in [-0.2, -0.15) is 0 Å². The van der Waals surface area contributed by atoms with E-state index in [1.165, 1.54) is 134 Å². The van der Waals surface area contributed by atoms with Gasteiger partial charge in [-0.15, -0.1) is 0 Å². The molecular weight excluding hydrogens is 734 g/mol. The number of aryl methyl sites for hydroxylation is 2. The zero-order chi connectivity index (χ0) is 40.3. The van der Waals surface area contributed by atoms with Gasteiger partial charge in [-0.3, -0.25) is 0 Å². The first kappa shape index (κ1) is 44.2. The molecule has 0 amide bonds. The van der Waals surface area contributed by atoms with Crippen molar-refractivity contribution < 1.29 is 4.74 Å². The first-order valence-corrected chi connectivity index (χ1v) is 22.8. The van der Waals surface area contributed by atoms with E-state index in [1.54, 1.807) is 16.7 Å². The van der Waals surface area contributed by atoms with E-state index in [2.05, 4.69) is 161 Å². The van der Waals surface area contributed by atoms with Crippen LogP contribution in [0.15, 0.2) is 121 Å². The Bertz CT molecular complexity index is 2200. The van der Waals surface area contributed by atoms with Crippen molar-refractivity contribution in [1.82, 2.24) is 4.57 Å². The molecule has 3 heteroatoms. The summed E-state index contributed by atoms with van der Waals surface area (Å²) in [5, 5.41) is 0. The molecule has 0 saturated carbocycles. The van der Waals surface area contributed by atoms with Crippen LogP contribution in [0, 0.1) is 13.8 Å². The molecule has 1 aromatic heterocycles. The molecule has 0 atom stereocenters. The van der Waals surface area contributed by atoms with Gasteiger partial charge >= 0.3 is 0 Å². The molecule has 0 N–H and O–H groups in total. The van der Waals surface area contributed by atoms with Crippen molar-refractivity contribution in [3.05, 3.63) is 155 Å². The van der Waals surface area contributed by atoms with Crippen LogP contribution in [0.25, 0.3) is 39.3 Å². The molecule has 310 valence electrons. The molecule has 1 aliphatic carbocycles. The van der Waals surface area contributed by atoms with Crippen LogP contribution in [0.4, 0.5) is 0 Å². The van der Waals surface area contributed by atoms with Gasteiger partial charge in [-0.25, -0.2) is 0 Å². The molecular formula is C56H67NOP-3. The SMILES string of the molecule is CCCCCCOc1ccc(-n2c(-c3ccc(C)cc3)ccc2-c2ccc(-c3ccc4c(c3)C(CCCCCC)(CCCCCC)c3cc(C)ccc3C4)cc2)cc1.[P-3]. The standard InChI is InChI=1S/C56H67NO.P/c1-6-9-12-15-36-56(37-16-13-10-7-2)52-39-43(5)20-23-48(52)40-49-29-28-47(41-53(49)56)44-24-26-46(27-25-44)55-35-34-54(45-21-18-42(4)19-22-45)57(55)50-30-32-51(33-31-50)58-38-17-14-11-8-3;/h18-35,39,41H,6-17,36-38,40H2,1-5H3;/q;-3. The lowest BCUT2D eigenvalue weighted by Crippen LogP contribution is -2.34. The molecule has 0 radical (unpaired) electrons. The maximum Gasteiger partial charge on any atom is 0.119 e. The second kappa shape index (κ2) is 21.2. The third-order valence-corrected chi connectivity index (χ3v) is 12.8. The molecule has 6 aromatic rings. The lowest BCUT2D eigenvalue weighted by molar-refractivity contribution is 0.305. The van der Waals surface area contributed by atoms with Gasteiger partial charge in [-0.05, 0) is 127 Å². The number of aromatic nitrogens is 1. The van der Waals surface area contributed by atoms with E-state index in [4.69, 9.17) is 4.74 Å². The maximum absolute atomic E-state index is 6.14. The van der Waals surface area contributed by atoms with Crippen LogP contribution in [0.2, 0.25) is 0 Å². The summed E-state index contributed by atoms with van der Waals surface area (Å²) < 4.78 is 8.55. The lowest BCUT2D eigenvalue weighted by Gasteiger charge is -3.00. The molecule has 7 rings (SSSR count). The minimum Gasteiger partial charge on any atom is -3.00 e. The van der Waals surface area contributed by atoms with E-state index in [0.29, 0.717) is 0 Å². The quantitative estimate of drug-likeness (QED) is 0.0554. The Morgan fingerprint density at radius 3 is 1.56 bits per heavy atom. The van der Waals surface area contributed by atoms with Crippen LogP contribution < -0.4 is 4.74 Å². The summed E-state index contributed by atoms with van der Waals surface area (Å²) in [6.07, 6.45) is 18.7. The monoisotopic (exact) mass is 800 g/mol. The molecule has 0 fully saturated rings. The number of ether oxygens (including phenoxy) is 1. The van der Waals surface area contributed by atoms with Gasteiger partial charge in [0.2, 0.25) is 0 Å². The predicted octanol–water partition coefficient (Wildman–Crippen LogP) is 17.0. The Morgan fingerprint density at radius 1 is 0.475 bits per heavy atom. The van der Waals surface area contributed by atoms with E-state index in [-0.39, 0.29) is 15.3 Å². The van der Waals surface area contributed by atoms with Gasteiger partial charge in [0.05, 0.1) is 18.0 Å². The minimum atomic E-state index is 0. The second-order valence-electron chi connectivity index (χ2n) is 17.2. The van der Waals surface area contributed by atoms with Crippen LogP contribution in [-0.2, 0) is 11.8 Å². The van der Waals surface area contributed by atoms with Crippen molar-refractivity contribution in [3.63, 3.8) is 0 Å². The highest BCUT2D eigenvalue weighted by molar-refractivity contribution is 6.92. The van der Waals surface area contributed by atoms with Gasteiger partial charge < -0.3 is 19.2 Å². The number of hydrogen-bond acceptors (Lipinski definition) is 1. The van der Waals surface area contributed by atoms with Gasteiger partial charge in [0.15, 0.2) is 0 Å². The molecule has 5 aromatic carbocycles. The lowest BCUT2D eigenvalue weighted by atomic mass is 9.61. The van der Waals surface area contributed by atoms with Crippen molar-refractivity contribution in [1.29, 1.82) is 0 Å². The predicted molar refractivity (Wildman–Crippen MR) is 256 cm³/mol. The number of hydrogen-bond donors (Lipinski definition) is 0. The summed E-state index contributed by atoms with van der Waals surface area (Å²) in [6, 6.07) is 46.3. The molecule has 0 bridgehead atoms. The number of fused-ring (bicyclic) bond motifs is 2. The fourth-order valence-corrected chi connectivity index (χ4v) is 9.50. The first-order chi connectivity index (χ1) is 28.4. The van der Waals surface area contributed by atoms with Gasteiger partial charge in [0.1, 0.15) is 5.75 Å². The summed E-state index contributed by atoms with van der Waals surface area (Å²) in [4.78, 5) is 0. The van der Waals surface area contributed by atoms with Crippen molar-refractivity contribution in [2.75, 3.05) is 6.61 Å². The maximum atomic E-state index is 6.14. The van der Waals surface area contributed by atoms with E-state index in [0.717, 1.165) is 30.9 Å². The Balaban J connectivity index is 0.00000585. The van der Waals surface area contributed by atoms with Crippen LogP contribution in [0.3, 0.4) is 0 Å². The molecule has 1 heterocycles. The molecule has 1 aliphatic rings. The average molecular weight is 801 g/mol. The third kappa shape index (κ3) is 10.3. The zero-order valence-corrected chi connectivity index (χ0v) is 37.6. The third-order valence-electron chi connectivity index (χ3n) is 12.8. The highest BCUT2D eigenvalue weighted by atomic mass is 31.0. The summed E-state index contributed by atoms with van der Waals surface area (Å²) >= 11 is 0. The number of nitrogens with zero attached hydrogens (tertiary/aromatic N) is 1. The van der Waals surface area contributed by atoms with Gasteiger partial charge in [0.25, 0.3) is 0 Å². The highest BCUT2D eigenvalue weighted by Crippen LogP contribution is 2.50. The van der Waals surface area contributed by atoms with E-state index >= 15 is 0 Å². The Hall–Kier alpha value is -4.39. The normalized spacial score (nSPS) is 12.8. The highest BCUT2D eigenvalue weighted by Gasteiger charge is 2.40. The molecule has 0 unspecified atom stereocenters. The molecule has 2 nitrogen and oxygen atoms in total. The summed E-state index contributed by atoms with van der Waals surface area (Å²) in [7, 11) is 0. The van der Waals surface area contributed by atoms with Crippen molar-refractivity contribution in [2.45, 2.75) is 136 Å². The minimum absolute atomic E-state index is 0. The number of benzene rings is 5. The van der Waals surface area contributed by atoms with E-state index in [1.807, 2.05) is 0 Å². The number of unbranched alkanes of at least 4 members (excludes halogenated alkanes) is 9. The summed E-state index contributed by atoms with van der Waals surface area (Å²) in [5.74, 6) is 0.935. The van der Waals surface area contributed by atoms with Crippen molar-refractivity contribution >= 4 is 9.90 Å². The van der Waals surface area contributed by atoms with Crippen LogP contribution in [0.5, 0.6) is 5.75 Å². The van der Waals surface area contributed by atoms with Crippen molar-refractivity contribution in [3.8, 4) is 45.1 Å². The molecule has 0 spiro atoms. The fraction of sp³-hybridized carbons (Fsp3) is 0.393. The largest absolute Gasteiger partial charge is 3.00 e. The molecule has 59 heavy (non-hydrogen) atoms. The van der Waals surface area contributed by atoms with Gasteiger partial charge in [-0.1, -0.05) is 181 Å². The topological polar surface area (TPSA) is 14.2 Å². The fourth-order valence-electron chi connectivity index (χ4n) is 9.50. The van der Waals surface area contributed by atoms with Gasteiger partial charge in [0, 0.05) is 11.1 Å². The summed E-state index contributed by atoms with van der Waals surface area (Å²) in [6.45, 7) is 12.1. The molecule has 0 saturated heterocycles. The zero-order valence-electron chi connectivity index (χ0n) is 36.7. The van der Waals surface area contributed by atoms with Crippen molar-refractivity contribution in [2.24, 2.45) is 0 Å². The smallest absolute Gasteiger partial charge is 0.119 e. The first-order valence-electron chi connectivity index (χ1n) is 22.8. The Kier molecular flexibility index (Phi) is 15.9. The Morgan fingerprint density at radius 2 is 0.966 bits per heavy atom. The molecule has 0 aliphatic heterocycles. The number of rotatable bonds is 20. The average Bonchev–Trinajstić information content (AvgIpc) is 3.70. The second-order valence-corrected chi connectivity index (χ2v) is 17.2. The van der Waals surface area contributed by atoms with E-state index in [9.17, 15) is 0 Å². The summed E-state index contributed by atoms with van der Waals surface area (Å²) in [5.41, 5.74) is 17.5. The van der Waals surface area contributed by atoms with Crippen LogP contribution in [0.1, 0.15) is 144 Å². The van der Waals surface area contributed by atoms with Crippen LogP contribution >= 0.6 is 9.90 Å². The Labute approximate surface area is 360 Å². The van der Waals surface area contributed by atoms with E-state index < -0.39 is 0 Å².